The molecular weight excluding hydrogens is 261 g/mol. The van der Waals surface area contributed by atoms with Crippen molar-refractivity contribution in [3.63, 3.8) is 0 Å². The summed E-state index contributed by atoms with van der Waals surface area (Å²) >= 11 is 6.36. The van der Waals surface area contributed by atoms with Gasteiger partial charge in [-0.1, -0.05) is 0 Å². The first-order valence-corrected chi connectivity index (χ1v) is 6.48. The van der Waals surface area contributed by atoms with Gasteiger partial charge in [0, 0.05) is 0 Å². The van der Waals surface area contributed by atoms with Crippen molar-refractivity contribution in [3.8, 4) is 0 Å². The van der Waals surface area contributed by atoms with E-state index in [0.29, 0.717) is 14.5 Å². The third-order valence-corrected chi connectivity index (χ3v) is 4.35. The van der Waals surface area contributed by atoms with Crippen molar-refractivity contribution in [1.29, 1.82) is 0 Å². The van der Waals surface area contributed by atoms with Gasteiger partial charge in [0.25, 0.3) is 0 Å². The second-order valence-corrected chi connectivity index (χ2v) is 5.36. The Bertz CT molecular complexity index is 615. The van der Waals surface area contributed by atoms with Gasteiger partial charge in [-0.3, -0.25) is 0 Å². The summed E-state index contributed by atoms with van der Waals surface area (Å²) in [6.07, 6.45) is 0. The minimum absolute atomic E-state index is 0.375. The van der Waals surface area contributed by atoms with Crippen LogP contribution in [0.3, 0.4) is 0 Å². The Balaban J connectivity index is 2.60. The van der Waals surface area contributed by atoms with Gasteiger partial charge in [-0.2, -0.15) is 0 Å². The van der Waals surface area contributed by atoms with Crippen LogP contribution in [0.4, 0.5) is 0 Å². The average Bonchev–Trinajstić information content (AvgIpc) is 2.65. The molecule has 0 unspecified atom stereocenters. The first kappa shape index (κ1) is 8.48. The predicted molar refractivity (Wildman–Crippen MR) is 61.2 cm³/mol. The first-order valence-electron chi connectivity index (χ1n) is 4.26. The number of benzene rings is 2. The van der Waals surface area contributed by atoms with Crippen LogP contribution in [-0.4, -0.2) is 19.5 Å². The topological polar surface area (TPSA) is 12.9 Å². The zero-order chi connectivity index (χ0) is 9.54. The van der Waals surface area contributed by atoms with E-state index < -0.39 is 0 Å². The molecule has 1 nitrogen and oxygen atoms in total. The van der Waals surface area contributed by atoms with Crippen molar-refractivity contribution in [3.05, 3.63) is 40.4 Å². The van der Waals surface area contributed by atoms with Crippen molar-refractivity contribution in [2.24, 2.45) is 0 Å². The molecule has 0 amide bonds. The Labute approximate surface area is 92.1 Å². The standard InChI is InChI=1S/C11H6ClNSe/c12-8-3-1-7-2-4-10-11(9(7)5-8)14-6-13-10/h1-6H. The third kappa shape index (κ3) is 1.19. The van der Waals surface area contributed by atoms with Crippen LogP contribution in [0.5, 0.6) is 0 Å². The van der Waals surface area contributed by atoms with E-state index in [1.165, 1.54) is 15.0 Å². The van der Waals surface area contributed by atoms with E-state index in [0.717, 1.165) is 10.5 Å². The molecule has 14 heavy (non-hydrogen) atoms. The maximum atomic E-state index is 5.99. The summed E-state index contributed by atoms with van der Waals surface area (Å²) in [6.45, 7) is 0. The summed E-state index contributed by atoms with van der Waals surface area (Å²) < 4.78 is 1.36. The van der Waals surface area contributed by atoms with Gasteiger partial charge in [0.05, 0.1) is 0 Å². The molecule has 0 bridgehead atoms. The summed E-state index contributed by atoms with van der Waals surface area (Å²) in [4.78, 5) is 4.34. The molecule has 3 rings (SSSR count). The van der Waals surface area contributed by atoms with Crippen LogP contribution in [0.25, 0.3) is 20.5 Å². The molecule has 3 aromatic rings. The number of rotatable bonds is 0. The number of aromatic nitrogens is 1. The number of hydrogen-bond donors (Lipinski definition) is 0. The van der Waals surface area contributed by atoms with E-state index in [2.05, 4.69) is 23.2 Å². The van der Waals surface area contributed by atoms with Crippen molar-refractivity contribution >= 4 is 46.7 Å². The molecule has 2 aromatic carbocycles. The summed E-state index contributed by atoms with van der Waals surface area (Å²) in [7, 11) is 0. The number of hydrogen-bond acceptors (Lipinski definition) is 1. The molecule has 0 saturated heterocycles. The monoisotopic (exact) mass is 267 g/mol. The van der Waals surface area contributed by atoms with Gasteiger partial charge in [0.1, 0.15) is 0 Å². The fourth-order valence-corrected chi connectivity index (χ4v) is 3.50. The molecule has 0 aliphatic carbocycles. The van der Waals surface area contributed by atoms with E-state index in [1.54, 1.807) is 0 Å². The second-order valence-electron chi connectivity index (χ2n) is 3.13. The molecule has 0 fully saturated rings. The van der Waals surface area contributed by atoms with E-state index >= 15 is 0 Å². The number of nitrogens with zero attached hydrogens (tertiary/aromatic N) is 1. The molecule has 0 radical (unpaired) electrons. The third-order valence-electron chi connectivity index (χ3n) is 2.28. The Hall–Kier alpha value is -0.821. The van der Waals surface area contributed by atoms with Crippen molar-refractivity contribution in [2.75, 3.05) is 0 Å². The number of fused-ring (bicyclic) bond motifs is 3. The van der Waals surface area contributed by atoms with E-state index in [4.69, 9.17) is 11.6 Å². The zero-order valence-corrected chi connectivity index (χ0v) is 9.67. The Morgan fingerprint density at radius 3 is 2.93 bits per heavy atom. The summed E-state index contributed by atoms with van der Waals surface area (Å²) in [5.74, 6) is 0. The van der Waals surface area contributed by atoms with E-state index in [9.17, 15) is 0 Å². The quantitative estimate of drug-likeness (QED) is 0.570. The van der Waals surface area contributed by atoms with Crippen LogP contribution in [0.2, 0.25) is 5.02 Å². The molecule has 3 heteroatoms. The van der Waals surface area contributed by atoms with Gasteiger partial charge in [-0.15, -0.1) is 0 Å². The van der Waals surface area contributed by atoms with Crippen LogP contribution < -0.4 is 0 Å². The van der Waals surface area contributed by atoms with Crippen LogP contribution in [0, 0.1) is 0 Å². The van der Waals surface area contributed by atoms with E-state index in [1.807, 2.05) is 17.2 Å². The summed E-state index contributed by atoms with van der Waals surface area (Å²) in [5, 5.41) is 5.32. The van der Waals surface area contributed by atoms with E-state index in [-0.39, 0.29) is 0 Å². The van der Waals surface area contributed by atoms with Crippen LogP contribution in [-0.2, 0) is 0 Å². The van der Waals surface area contributed by atoms with Gasteiger partial charge in [-0.05, 0) is 0 Å². The van der Waals surface area contributed by atoms with Crippen molar-refractivity contribution in [1.82, 2.24) is 4.98 Å². The molecule has 0 spiro atoms. The Kier molecular flexibility index (Phi) is 1.88. The second kappa shape index (κ2) is 3.09. The van der Waals surface area contributed by atoms with Crippen LogP contribution in [0.15, 0.2) is 35.4 Å². The van der Waals surface area contributed by atoms with Gasteiger partial charge >= 0.3 is 92.1 Å². The molecular formula is C11H6ClNSe. The molecule has 1 aromatic heterocycles. The van der Waals surface area contributed by atoms with Crippen molar-refractivity contribution in [2.45, 2.75) is 0 Å². The maximum absolute atomic E-state index is 5.99. The summed E-state index contributed by atoms with van der Waals surface area (Å²) in [5.41, 5.74) is 1.11. The van der Waals surface area contributed by atoms with Crippen LogP contribution in [0.1, 0.15) is 0 Å². The molecule has 0 aliphatic heterocycles. The normalized spacial score (nSPS) is 11.2. The minimum atomic E-state index is 0.375. The zero-order valence-electron chi connectivity index (χ0n) is 7.20. The van der Waals surface area contributed by atoms with Crippen LogP contribution >= 0.6 is 11.6 Å². The van der Waals surface area contributed by atoms with Crippen molar-refractivity contribution < 1.29 is 0 Å². The predicted octanol–water partition coefficient (Wildman–Crippen LogP) is 3.10. The molecule has 1 heterocycles. The SMILES string of the molecule is Clc1ccc2ccc3nc[se]c3c2c1. The first-order chi connectivity index (χ1) is 6.84. The fraction of sp³-hybridized carbons (Fsp3) is 0. The molecule has 0 atom stereocenters. The number of halogens is 1. The van der Waals surface area contributed by atoms with Gasteiger partial charge in [-0.25, -0.2) is 0 Å². The van der Waals surface area contributed by atoms with Gasteiger partial charge in [0.15, 0.2) is 0 Å². The summed E-state index contributed by atoms with van der Waals surface area (Å²) in [6, 6.07) is 10.2. The molecule has 0 aliphatic rings. The molecule has 0 saturated carbocycles. The van der Waals surface area contributed by atoms with Gasteiger partial charge in [0.2, 0.25) is 0 Å². The Morgan fingerprint density at radius 1 is 1.14 bits per heavy atom. The molecule has 68 valence electrons. The fourth-order valence-electron chi connectivity index (χ4n) is 1.61. The average molecular weight is 267 g/mol. The van der Waals surface area contributed by atoms with Gasteiger partial charge < -0.3 is 0 Å². The molecule has 0 N–H and O–H groups in total. The Morgan fingerprint density at radius 2 is 2.00 bits per heavy atom.